The van der Waals surface area contributed by atoms with Gasteiger partial charge in [-0.05, 0) is 80.2 Å². The molecule has 32 heavy (non-hydrogen) atoms. The molecule has 1 saturated heterocycles. The van der Waals surface area contributed by atoms with Gasteiger partial charge in [0.25, 0.3) is 0 Å². The third-order valence-electron chi connectivity index (χ3n) is 7.01. The van der Waals surface area contributed by atoms with Crippen LogP contribution in [-0.2, 0) is 6.54 Å². The zero-order valence-corrected chi connectivity index (χ0v) is 19.6. The molecule has 2 aliphatic rings. The summed E-state index contributed by atoms with van der Waals surface area (Å²) < 4.78 is 11.5. The Bertz CT molecular complexity index is 852. The van der Waals surface area contributed by atoms with Crippen molar-refractivity contribution in [2.24, 2.45) is 0 Å². The summed E-state index contributed by atoms with van der Waals surface area (Å²) in [7, 11) is 3.90. The van der Waals surface area contributed by atoms with Crippen molar-refractivity contribution in [3.8, 4) is 11.5 Å². The van der Waals surface area contributed by atoms with Crippen molar-refractivity contribution in [1.29, 1.82) is 0 Å². The molecular formula is C27H38N2O3. The van der Waals surface area contributed by atoms with E-state index in [4.69, 9.17) is 9.47 Å². The first-order valence-corrected chi connectivity index (χ1v) is 12.1. The number of likely N-dealkylation sites (N-methyl/N-ethyl adjacent to an activating group) is 1. The summed E-state index contributed by atoms with van der Waals surface area (Å²) >= 11 is 0. The number of aliphatic hydroxyl groups excluding tert-OH is 1. The molecule has 2 heterocycles. The summed E-state index contributed by atoms with van der Waals surface area (Å²) in [4.78, 5) is 4.93. The Kier molecular flexibility index (Phi) is 8.06. The largest absolute Gasteiger partial charge is 0.497 e. The first-order valence-electron chi connectivity index (χ1n) is 12.1. The number of likely N-dealkylation sites (tertiary alicyclic amines) is 1. The van der Waals surface area contributed by atoms with Gasteiger partial charge in [0, 0.05) is 38.2 Å². The number of methoxy groups -OCH3 is 1. The van der Waals surface area contributed by atoms with E-state index in [9.17, 15) is 5.11 Å². The van der Waals surface area contributed by atoms with Crippen LogP contribution in [0.1, 0.15) is 54.7 Å². The Balaban J connectivity index is 1.36. The molecule has 0 aromatic heterocycles. The van der Waals surface area contributed by atoms with Crippen LogP contribution < -0.4 is 9.47 Å². The highest BCUT2D eigenvalue weighted by atomic mass is 16.5. The Morgan fingerprint density at radius 3 is 2.66 bits per heavy atom. The molecule has 1 N–H and O–H groups in total. The lowest BCUT2D eigenvalue weighted by molar-refractivity contribution is 0.112. The molecule has 0 spiro atoms. The highest BCUT2D eigenvalue weighted by Gasteiger charge is 2.25. The van der Waals surface area contributed by atoms with Crippen molar-refractivity contribution >= 4 is 0 Å². The van der Waals surface area contributed by atoms with Gasteiger partial charge in [-0.25, -0.2) is 0 Å². The molecule has 4 rings (SSSR count). The molecule has 0 saturated carbocycles. The van der Waals surface area contributed by atoms with Gasteiger partial charge in [-0.3, -0.25) is 0 Å². The fourth-order valence-corrected chi connectivity index (χ4v) is 5.32. The van der Waals surface area contributed by atoms with Gasteiger partial charge in [0.15, 0.2) is 0 Å². The van der Waals surface area contributed by atoms with Gasteiger partial charge in [-0.2, -0.15) is 0 Å². The van der Waals surface area contributed by atoms with Crippen LogP contribution in [0.3, 0.4) is 0 Å². The number of fused-ring (bicyclic) bond motifs is 1. The van der Waals surface area contributed by atoms with Gasteiger partial charge in [0.05, 0.1) is 13.7 Å². The van der Waals surface area contributed by atoms with Crippen molar-refractivity contribution in [3.63, 3.8) is 0 Å². The van der Waals surface area contributed by atoms with Crippen LogP contribution in [0.5, 0.6) is 11.5 Å². The minimum absolute atomic E-state index is 0.290. The highest BCUT2D eigenvalue weighted by molar-refractivity contribution is 5.45. The molecule has 2 atom stereocenters. The number of rotatable bonds is 9. The molecule has 1 fully saturated rings. The van der Waals surface area contributed by atoms with Crippen molar-refractivity contribution in [2.45, 2.75) is 50.6 Å². The minimum atomic E-state index is 0.290. The lowest BCUT2D eigenvalue weighted by Crippen LogP contribution is -2.40. The second-order valence-electron chi connectivity index (χ2n) is 9.28. The second kappa shape index (κ2) is 11.2. The smallest absolute Gasteiger partial charge is 0.119 e. The highest BCUT2D eigenvalue weighted by Crippen LogP contribution is 2.35. The Morgan fingerprint density at radius 2 is 1.88 bits per heavy atom. The number of ether oxygens (including phenoxy) is 2. The Morgan fingerprint density at radius 1 is 1.06 bits per heavy atom. The average Bonchev–Trinajstić information content (AvgIpc) is 2.82. The van der Waals surface area contributed by atoms with E-state index in [1.807, 2.05) is 0 Å². The zero-order chi connectivity index (χ0) is 22.3. The van der Waals surface area contributed by atoms with Gasteiger partial charge >= 0.3 is 0 Å². The average molecular weight is 439 g/mol. The minimum Gasteiger partial charge on any atom is -0.497 e. The first kappa shape index (κ1) is 23.1. The Hall–Kier alpha value is -2.08. The molecule has 0 aliphatic carbocycles. The van der Waals surface area contributed by atoms with Crippen molar-refractivity contribution in [2.75, 3.05) is 47.0 Å². The summed E-state index contributed by atoms with van der Waals surface area (Å²) in [5.74, 6) is 2.23. The lowest BCUT2D eigenvalue weighted by atomic mass is 9.84. The molecule has 2 aliphatic heterocycles. The third kappa shape index (κ3) is 5.64. The molecule has 0 radical (unpaired) electrons. The number of nitrogens with zero attached hydrogens (tertiary/aromatic N) is 2. The van der Waals surface area contributed by atoms with Crippen LogP contribution in [0.2, 0.25) is 0 Å². The molecule has 5 heteroatoms. The van der Waals surface area contributed by atoms with E-state index in [0.717, 1.165) is 57.1 Å². The first-order chi connectivity index (χ1) is 15.7. The number of aliphatic hydroxyl groups is 1. The van der Waals surface area contributed by atoms with E-state index in [2.05, 4.69) is 59.3 Å². The third-order valence-corrected chi connectivity index (χ3v) is 7.01. The summed E-state index contributed by atoms with van der Waals surface area (Å²) in [5, 5.41) is 9.33. The molecule has 0 bridgehead atoms. The molecule has 5 nitrogen and oxygen atoms in total. The van der Waals surface area contributed by atoms with Gasteiger partial charge in [-0.1, -0.05) is 24.6 Å². The number of hydrogen-bond donors (Lipinski definition) is 1. The maximum Gasteiger partial charge on any atom is 0.119 e. The number of benzene rings is 2. The standard InChI is InChI=1S/C27H38N2O3/c1-28-19-22-18-25(32-17-5-15-29-14-4-3-6-23(29)13-16-30)11-12-26(22)27(20-28)21-7-9-24(31-2)10-8-21/h7-12,18,23,27,30H,3-6,13-17,19-20H2,1-2H3. The predicted octanol–water partition coefficient (Wildman–Crippen LogP) is 4.28. The van der Waals surface area contributed by atoms with Gasteiger partial charge in [0.2, 0.25) is 0 Å². The Labute approximate surface area is 192 Å². The molecule has 174 valence electrons. The summed E-state index contributed by atoms with van der Waals surface area (Å²) in [6.07, 6.45) is 5.70. The fraction of sp³-hybridized carbons (Fsp3) is 0.556. The van der Waals surface area contributed by atoms with E-state index in [0.29, 0.717) is 18.6 Å². The van der Waals surface area contributed by atoms with Crippen LogP contribution >= 0.6 is 0 Å². The molecule has 2 unspecified atom stereocenters. The number of piperidine rings is 1. The molecule has 2 aromatic rings. The predicted molar refractivity (Wildman–Crippen MR) is 129 cm³/mol. The monoisotopic (exact) mass is 438 g/mol. The van der Waals surface area contributed by atoms with Gasteiger partial charge in [-0.15, -0.1) is 0 Å². The normalized spacial score (nSPS) is 21.8. The van der Waals surface area contributed by atoms with Gasteiger partial charge < -0.3 is 24.4 Å². The lowest BCUT2D eigenvalue weighted by Gasteiger charge is -2.35. The quantitative estimate of drug-likeness (QED) is 0.592. The number of hydrogen-bond acceptors (Lipinski definition) is 5. The van der Waals surface area contributed by atoms with Crippen molar-refractivity contribution < 1.29 is 14.6 Å². The summed E-state index contributed by atoms with van der Waals surface area (Å²) in [5.41, 5.74) is 4.09. The summed E-state index contributed by atoms with van der Waals surface area (Å²) in [6.45, 7) is 5.21. The second-order valence-corrected chi connectivity index (χ2v) is 9.28. The topological polar surface area (TPSA) is 45.2 Å². The van der Waals surface area contributed by atoms with Crippen LogP contribution in [0.25, 0.3) is 0 Å². The molecule has 0 amide bonds. The van der Waals surface area contributed by atoms with Crippen LogP contribution in [-0.4, -0.2) is 68.0 Å². The van der Waals surface area contributed by atoms with Crippen LogP contribution in [0.4, 0.5) is 0 Å². The summed E-state index contributed by atoms with van der Waals surface area (Å²) in [6, 6.07) is 15.6. The maximum absolute atomic E-state index is 9.33. The van der Waals surface area contributed by atoms with E-state index in [-0.39, 0.29) is 0 Å². The van der Waals surface area contributed by atoms with E-state index in [1.165, 1.54) is 36.0 Å². The van der Waals surface area contributed by atoms with Crippen molar-refractivity contribution in [1.82, 2.24) is 9.80 Å². The maximum atomic E-state index is 9.33. The zero-order valence-electron chi connectivity index (χ0n) is 19.6. The van der Waals surface area contributed by atoms with Crippen LogP contribution in [0.15, 0.2) is 42.5 Å². The fourth-order valence-electron chi connectivity index (χ4n) is 5.32. The van der Waals surface area contributed by atoms with Gasteiger partial charge in [0.1, 0.15) is 11.5 Å². The van der Waals surface area contributed by atoms with E-state index < -0.39 is 0 Å². The molecular weight excluding hydrogens is 400 g/mol. The van der Waals surface area contributed by atoms with E-state index in [1.54, 1.807) is 7.11 Å². The van der Waals surface area contributed by atoms with Crippen LogP contribution in [0, 0.1) is 0 Å². The van der Waals surface area contributed by atoms with Crippen molar-refractivity contribution in [3.05, 3.63) is 59.2 Å². The molecule has 2 aromatic carbocycles. The van der Waals surface area contributed by atoms with E-state index >= 15 is 0 Å². The SMILES string of the molecule is COc1ccc(C2CN(C)Cc3cc(OCCCN4CCCCC4CCO)ccc32)cc1.